The predicted molar refractivity (Wildman–Crippen MR) is 71.5 cm³/mol. The fourth-order valence-electron chi connectivity index (χ4n) is 1.92. The van der Waals surface area contributed by atoms with Crippen LogP contribution in [0.4, 0.5) is 0 Å². The van der Waals surface area contributed by atoms with Crippen molar-refractivity contribution in [2.75, 3.05) is 7.11 Å². The molecule has 0 fully saturated rings. The van der Waals surface area contributed by atoms with Crippen LogP contribution in [0.1, 0.15) is 0 Å². The van der Waals surface area contributed by atoms with E-state index < -0.39 is 0 Å². The number of hydrogen-bond acceptors (Lipinski definition) is 3. The van der Waals surface area contributed by atoms with E-state index in [0.717, 1.165) is 22.2 Å². The zero-order valence-corrected chi connectivity index (χ0v) is 10.00. The lowest BCUT2D eigenvalue weighted by Gasteiger charge is -2.06. The number of aromatic nitrogens is 2. The van der Waals surface area contributed by atoms with Gasteiger partial charge in [0, 0.05) is 17.1 Å². The molecule has 3 nitrogen and oxygen atoms in total. The van der Waals surface area contributed by atoms with E-state index in [0.29, 0.717) is 5.82 Å². The lowest BCUT2D eigenvalue weighted by Crippen LogP contribution is -1.92. The molecule has 0 atom stereocenters. The van der Waals surface area contributed by atoms with Gasteiger partial charge in [-0.15, -0.1) is 0 Å². The van der Waals surface area contributed by atoms with Gasteiger partial charge in [-0.1, -0.05) is 42.5 Å². The second-order valence-electron chi connectivity index (χ2n) is 3.96. The monoisotopic (exact) mass is 236 g/mol. The van der Waals surface area contributed by atoms with Gasteiger partial charge >= 0.3 is 0 Å². The van der Waals surface area contributed by atoms with E-state index in [2.05, 4.69) is 9.97 Å². The van der Waals surface area contributed by atoms with E-state index >= 15 is 0 Å². The average molecular weight is 236 g/mol. The molecule has 88 valence electrons. The van der Waals surface area contributed by atoms with Gasteiger partial charge in [0.1, 0.15) is 11.3 Å². The molecule has 18 heavy (non-hydrogen) atoms. The molecule has 3 aromatic rings. The van der Waals surface area contributed by atoms with Crippen molar-refractivity contribution in [2.45, 2.75) is 0 Å². The Morgan fingerprint density at radius 2 is 1.78 bits per heavy atom. The molecular weight excluding hydrogens is 224 g/mol. The maximum atomic E-state index is 5.33. The van der Waals surface area contributed by atoms with E-state index in [-0.39, 0.29) is 0 Å². The van der Waals surface area contributed by atoms with E-state index in [4.69, 9.17) is 4.74 Å². The second kappa shape index (κ2) is 4.45. The summed E-state index contributed by atoms with van der Waals surface area (Å²) in [5, 5.41) is 0.981. The van der Waals surface area contributed by atoms with Crippen LogP contribution in [-0.4, -0.2) is 17.1 Å². The number of benzene rings is 2. The molecular formula is C15H12N2O. The van der Waals surface area contributed by atoms with Crippen molar-refractivity contribution in [1.29, 1.82) is 0 Å². The van der Waals surface area contributed by atoms with Crippen LogP contribution in [-0.2, 0) is 0 Å². The van der Waals surface area contributed by atoms with Gasteiger partial charge in [0.2, 0.25) is 0 Å². The lowest BCUT2D eigenvalue weighted by molar-refractivity contribution is 0.419. The minimum absolute atomic E-state index is 0.715. The molecule has 0 amide bonds. The molecule has 1 heterocycles. The Morgan fingerprint density at radius 1 is 0.944 bits per heavy atom. The zero-order chi connectivity index (χ0) is 12.4. The summed E-state index contributed by atoms with van der Waals surface area (Å²) in [6.07, 6.45) is 1.83. The average Bonchev–Trinajstić information content (AvgIpc) is 2.47. The van der Waals surface area contributed by atoms with E-state index in [1.165, 1.54) is 0 Å². The zero-order valence-electron chi connectivity index (χ0n) is 10.00. The van der Waals surface area contributed by atoms with Gasteiger partial charge in [-0.2, -0.15) is 0 Å². The Labute approximate surface area is 105 Å². The van der Waals surface area contributed by atoms with E-state index in [1.54, 1.807) is 7.11 Å². The molecule has 0 unspecified atom stereocenters. The minimum Gasteiger partial charge on any atom is -0.494 e. The molecule has 0 N–H and O–H groups in total. The summed E-state index contributed by atoms with van der Waals surface area (Å²) < 4.78 is 5.33. The van der Waals surface area contributed by atoms with Crippen LogP contribution in [0.25, 0.3) is 22.3 Å². The van der Waals surface area contributed by atoms with Crippen molar-refractivity contribution in [2.24, 2.45) is 0 Å². The van der Waals surface area contributed by atoms with Crippen molar-refractivity contribution in [3.05, 3.63) is 54.7 Å². The Balaban J connectivity index is 2.22. The molecule has 2 aromatic carbocycles. The number of ether oxygens (including phenoxy) is 1. The number of rotatable bonds is 2. The standard InChI is InChI=1S/C15H12N2O/c1-18-13-9-5-8-12-10-16-15(17-14(12)13)11-6-3-2-4-7-11/h2-10H,1H3. The third-order valence-corrected chi connectivity index (χ3v) is 2.83. The Bertz CT molecular complexity index is 680. The third kappa shape index (κ3) is 1.80. The first-order valence-corrected chi connectivity index (χ1v) is 5.73. The summed E-state index contributed by atoms with van der Waals surface area (Å²) in [7, 11) is 1.65. The molecule has 1 aromatic heterocycles. The van der Waals surface area contributed by atoms with Gasteiger partial charge < -0.3 is 4.74 Å². The summed E-state index contributed by atoms with van der Waals surface area (Å²) in [5.41, 5.74) is 1.85. The maximum absolute atomic E-state index is 5.33. The molecule has 0 saturated heterocycles. The molecule has 0 aliphatic carbocycles. The number of para-hydroxylation sites is 1. The first-order valence-electron chi connectivity index (χ1n) is 5.73. The summed E-state index contributed by atoms with van der Waals surface area (Å²) in [6.45, 7) is 0. The fourth-order valence-corrected chi connectivity index (χ4v) is 1.92. The molecule has 0 saturated carbocycles. The predicted octanol–water partition coefficient (Wildman–Crippen LogP) is 3.31. The highest BCUT2D eigenvalue weighted by Crippen LogP contribution is 2.25. The summed E-state index contributed by atoms with van der Waals surface area (Å²) in [6, 6.07) is 15.7. The first kappa shape index (κ1) is 10.7. The highest BCUT2D eigenvalue weighted by molar-refractivity contribution is 5.85. The van der Waals surface area contributed by atoms with Crippen LogP contribution in [0.2, 0.25) is 0 Å². The topological polar surface area (TPSA) is 35.0 Å². The smallest absolute Gasteiger partial charge is 0.159 e. The van der Waals surface area contributed by atoms with Crippen molar-refractivity contribution >= 4 is 10.9 Å². The summed E-state index contributed by atoms with van der Waals surface area (Å²) in [4.78, 5) is 8.97. The van der Waals surface area contributed by atoms with Gasteiger partial charge in [-0.05, 0) is 6.07 Å². The number of hydrogen-bond donors (Lipinski definition) is 0. The summed E-state index contributed by atoms with van der Waals surface area (Å²) >= 11 is 0. The Hall–Kier alpha value is -2.42. The number of fused-ring (bicyclic) bond motifs is 1. The highest BCUT2D eigenvalue weighted by atomic mass is 16.5. The molecule has 0 bridgehead atoms. The number of nitrogens with zero attached hydrogens (tertiary/aromatic N) is 2. The lowest BCUT2D eigenvalue weighted by atomic mass is 10.2. The number of methoxy groups -OCH3 is 1. The molecule has 0 spiro atoms. The molecule has 0 aliphatic rings. The molecule has 3 heteroatoms. The largest absolute Gasteiger partial charge is 0.494 e. The van der Waals surface area contributed by atoms with Gasteiger partial charge in [0.05, 0.1) is 7.11 Å². The highest BCUT2D eigenvalue weighted by Gasteiger charge is 2.06. The SMILES string of the molecule is COc1cccc2cnc(-c3ccccc3)nc12. The molecule has 3 rings (SSSR count). The summed E-state index contributed by atoms with van der Waals surface area (Å²) in [5.74, 6) is 1.49. The molecule has 0 radical (unpaired) electrons. The first-order chi connectivity index (χ1) is 8.88. The normalized spacial score (nSPS) is 10.5. The van der Waals surface area contributed by atoms with Crippen LogP contribution >= 0.6 is 0 Å². The minimum atomic E-state index is 0.715. The van der Waals surface area contributed by atoms with Crippen LogP contribution in [0.3, 0.4) is 0 Å². The van der Waals surface area contributed by atoms with Gasteiger partial charge in [-0.25, -0.2) is 9.97 Å². The Morgan fingerprint density at radius 3 is 2.56 bits per heavy atom. The van der Waals surface area contributed by atoms with Crippen molar-refractivity contribution < 1.29 is 4.74 Å². The Kier molecular flexibility index (Phi) is 2.65. The van der Waals surface area contributed by atoms with Crippen LogP contribution in [0.15, 0.2) is 54.7 Å². The fraction of sp³-hybridized carbons (Fsp3) is 0.0667. The maximum Gasteiger partial charge on any atom is 0.159 e. The van der Waals surface area contributed by atoms with Crippen LogP contribution in [0.5, 0.6) is 5.75 Å². The van der Waals surface area contributed by atoms with E-state index in [9.17, 15) is 0 Å². The van der Waals surface area contributed by atoms with Crippen molar-refractivity contribution in [3.8, 4) is 17.1 Å². The third-order valence-electron chi connectivity index (χ3n) is 2.83. The van der Waals surface area contributed by atoms with Gasteiger partial charge in [0.15, 0.2) is 5.82 Å². The van der Waals surface area contributed by atoms with E-state index in [1.807, 2.05) is 54.7 Å². The second-order valence-corrected chi connectivity index (χ2v) is 3.96. The van der Waals surface area contributed by atoms with Gasteiger partial charge in [0.25, 0.3) is 0 Å². The van der Waals surface area contributed by atoms with Crippen molar-refractivity contribution in [3.63, 3.8) is 0 Å². The van der Waals surface area contributed by atoms with Crippen LogP contribution in [0, 0.1) is 0 Å². The molecule has 0 aliphatic heterocycles. The van der Waals surface area contributed by atoms with Gasteiger partial charge in [-0.3, -0.25) is 0 Å². The quantitative estimate of drug-likeness (QED) is 0.684. The van der Waals surface area contributed by atoms with Crippen molar-refractivity contribution in [1.82, 2.24) is 9.97 Å². The van der Waals surface area contributed by atoms with Crippen LogP contribution < -0.4 is 4.74 Å².